The zero-order valence-electron chi connectivity index (χ0n) is 13.6. The van der Waals surface area contributed by atoms with E-state index in [-0.39, 0.29) is 9.52 Å². The zero-order valence-corrected chi connectivity index (χ0v) is 15.0. The van der Waals surface area contributed by atoms with E-state index < -0.39 is 0 Å². The Morgan fingerprint density at radius 1 is 0.950 bits per heavy atom. The van der Waals surface area contributed by atoms with Gasteiger partial charge in [0.1, 0.15) is 0 Å². The lowest BCUT2D eigenvalue weighted by Gasteiger charge is -2.52. The molecule has 0 N–H and O–H groups in total. The van der Waals surface area contributed by atoms with Crippen molar-refractivity contribution in [2.45, 2.75) is 69.6 Å². The van der Waals surface area contributed by atoms with Gasteiger partial charge in [0.25, 0.3) is 0 Å². The minimum absolute atomic E-state index is 0.0890. The van der Waals surface area contributed by atoms with Crippen molar-refractivity contribution in [1.82, 2.24) is 9.80 Å². The first-order valence-corrected chi connectivity index (χ1v) is 10.9. The standard InChI is InChI=1S/C17H34N2Si/c1-3-15-20-16-10-17(2,18-11-6-4-7-12-18)19-13-8-5-9-14-19/h3H,1,4-16,20H2,2H3. The van der Waals surface area contributed by atoms with Crippen molar-refractivity contribution >= 4 is 9.52 Å². The van der Waals surface area contributed by atoms with Gasteiger partial charge in [0.05, 0.1) is 5.66 Å². The number of piperidine rings is 2. The molecule has 3 heteroatoms. The molecule has 0 bridgehead atoms. The van der Waals surface area contributed by atoms with Crippen LogP contribution in [0.4, 0.5) is 0 Å². The van der Waals surface area contributed by atoms with Crippen LogP contribution >= 0.6 is 0 Å². The molecule has 0 aromatic carbocycles. The zero-order chi connectivity index (χ0) is 14.3. The van der Waals surface area contributed by atoms with E-state index in [0.717, 1.165) is 0 Å². The summed E-state index contributed by atoms with van der Waals surface area (Å²) in [6, 6.07) is 2.80. The summed E-state index contributed by atoms with van der Waals surface area (Å²) in [5.74, 6) is 0. The van der Waals surface area contributed by atoms with Crippen molar-refractivity contribution in [2.24, 2.45) is 0 Å². The van der Waals surface area contributed by atoms with Gasteiger partial charge in [0.2, 0.25) is 0 Å². The molecule has 2 aliphatic rings. The third-order valence-corrected chi connectivity index (χ3v) is 7.05. The molecule has 0 atom stereocenters. The minimum Gasteiger partial charge on any atom is -0.286 e. The molecular weight excluding hydrogens is 260 g/mol. The van der Waals surface area contributed by atoms with Crippen LogP contribution in [0.25, 0.3) is 0 Å². The van der Waals surface area contributed by atoms with E-state index in [2.05, 4.69) is 29.4 Å². The molecular formula is C17H34N2Si. The topological polar surface area (TPSA) is 6.48 Å². The van der Waals surface area contributed by atoms with E-state index in [4.69, 9.17) is 0 Å². The van der Waals surface area contributed by atoms with Gasteiger partial charge in [-0.15, -0.1) is 6.58 Å². The molecule has 0 spiro atoms. The molecule has 116 valence electrons. The molecule has 0 aliphatic carbocycles. The Morgan fingerprint density at radius 2 is 1.45 bits per heavy atom. The molecule has 2 rings (SSSR count). The molecule has 0 amide bonds. The maximum absolute atomic E-state index is 3.89. The van der Waals surface area contributed by atoms with Gasteiger partial charge in [-0.25, -0.2) is 0 Å². The average Bonchev–Trinajstić information content (AvgIpc) is 2.53. The van der Waals surface area contributed by atoms with Gasteiger partial charge in [-0.1, -0.05) is 25.0 Å². The first-order chi connectivity index (χ1) is 9.77. The van der Waals surface area contributed by atoms with Gasteiger partial charge < -0.3 is 0 Å². The monoisotopic (exact) mass is 294 g/mol. The first kappa shape index (κ1) is 16.3. The maximum atomic E-state index is 3.89. The lowest BCUT2D eigenvalue weighted by Crippen LogP contribution is -2.61. The molecule has 2 nitrogen and oxygen atoms in total. The average molecular weight is 295 g/mol. The Morgan fingerprint density at radius 3 is 1.90 bits per heavy atom. The molecule has 20 heavy (non-hydrogen) atoms. The highest BCUT2D eigenvalue weighted by Gasteiger charge is 2.37. The van der Waals surface area contributed by atoms with Crippen LogP contribution < -0.4 is 0 Å². The highest BCUT2D eigenvalue weighted by Crippen LogP contribution is 2.31. The van der Waals surface area contributed by atoms with Crippen molar-refractivity contribution in [3.63, 3.8) is 0 Å². The summed E-state index contributed by atoms with van der Waals surface area (Å²) in [6.45, 7) is 11.8. The Kier molecular flexibility index (Phi) is 6.79. The summed E-state index contributed by atoms with van der Waals surface area (Å²) in [6.07, 6.45) is 12.1. The largest absolute Gasteiger partial charge is 0.286 e. The van der Waals surface area contributed by atoms with Crippen LogP contribution in [-0.4, -0.2) is 51.2 Å². The molecule has 2 fully saturated rings. The van der Waals surface area contributed by atoms with Gasteiger partial charge >= 0.3 is 0 Å². The Labute approximate surface area is 128 Å². The van der Waals surface area contributed by atoms with E-state index in [1.807, 2.05) is 0 Å². The van der Waals surface area contributed by atoms with E-state index in [1.165, 1.54) is 83.2 Å². The number of hydrogen-bond acceptors (Lipinski definition) is 2. The van der Waals surface area contributed by atoms with Crippen LogP contribution in [0.15, 0.2) is 12.7 Å². The van der Waals surface area contributed by atoms with Crippen LogP contribution in [0.2, 0.25) is 12.1 Å². The van der Waals surface area contributed by atoms with Crippen LogP contribution in [-0.2, 0) is 0 Å². The van der Waals surface area contributed by atoms with Crippen molar-refractivity contribution in [2.75, 3.05) is 26.2 Å². The van der Waals surface area contributed by atoms with Crippen LogP contribution in [0, 0.1) is 0 Å². The highest BCUT2D eigenvalue weighted by molar-refractivity contribution is 6.36. The minimum atomic E-state index is 0.0890. The summed E-state index contributed by atoms with van der Waals surface area (Å²) < 4.78 is 0. The number of hydrogen-bond donors (Lipinski definition) is 0. The fourth-order valence-electron chi connectivity index (χ4n) is 4.02. The van der Waals surface area contributed by atoms with Crippen molar-refractivity contribution in [3.8, 4) is 0 Å². The van der Waals surface area contributed by atoms with Gasteiger partial charge in [-0.3, -0.25) is 9.80 Å². The fraction of sp³-hybridized carbons (Fsp3) is 0.882. The summed E-state index contributed by atoms with van der Waals surface area (Å²) in [5, 5.41) is 0. The molecule has 0 unspecified atom stereocenters. The molecule has 0 saturated carbocycles. The van der Waals surface area contributed by atoms with E-state index in [0.29, 0.717) is 5.66 Å². The lowest BCUT2D eigenvalue weighted by molar-refractivity contribution is -0.0671. The molecule has 0 radical (unpaired) electrons. The Balaban J connectivity index is 1.98. The van der Waals surface area contributed by atoms with Gasteiger partial charge in [-0.05, 0) is 71.3 Å². The number of rotatable bonds is 7. The second-order valence-corrected chi connectivity index (χ2v) is 8.84. The fourth-order valence-corrected chi connectivity index (χ4v) is 5.51. The second kappa shape index (κ2) is 8.35. The predicted octanol–water partition coefficient (Wildman–Crippen LogP) is 3.26. The lowest BCUT2D eigenvalue weighted by atomic mass is 9.97. The summed E-state index contributed by atoms with van der Waals surface area (Å²) in [5.41, 5.74) is 0.356. The van der Waals surface area contributed by atoms with Crippen molar-refractivity contribution in [1.29, 1.82) is 0 Å². The van der Waals surface area contributed by atoms with Crippen molar-refractivity contribution < 1.29 is 0 Å². The van der Waals surface area contributed by atoms with Gasteiger partial charge in [0.15, 0.2) is 0 Å². The Hall–Kier alpha value is -0.123. The van der Waals surface area contributed by atoms with Crippen LogP contribution in [0.5, 0.6) is 0 Å². The van der Waals surface area contributed by atoms with Crippen LogP contribution in [0.1, 0.15) is 51.9 Å². The molecule has 2 aliphatic heterocycles. The molecule has 2 saturated heterocycles. The smallest absolute Gasteiger partial charge is 0.0705 e. The van der Waals surface area contributed by atoms with Gasteiger partial charge in [0, 0.05) is 9.52 Å². The summed E-state index contributed by atoms with van der Waals surface area (Å²) >= 11 is 0. The molecule has 0 aromatic heterocycles. The normalized spacial score (nSPS) is 23.4. The van der Waals surface area contributed by atoms with Crippen LogP contribution in [0.3, 0.4) is 0 Å². The Bertz CT molecular complexity index is 263. The summed E-state index contributed by atoms with van der Waals surface area (Å²) in [4.78, 5) is 5.65. The maximum Gasteiger partial charge on any atom is 0.0705 e. The first-order valence-electron chi connectivity index (χ1n) is 8.88. The third-order valence-electron chi connectivity index (χ3n) is 5.38. The number of allylic oxidation sites excluding steroid dienone is 1. The van der Waals surface area contributed by atoms with Crippen molar-refractivity contribution in [3.05, 3.63) is 12.7 Å². The number of likely N-dealkylation sites (tertiary alicyclic amines) is 2. The molecule has 0 aromatic rings. The van der Waals surface area contributed by atoms with Gasteiger partial charge in [-0.2, -0.15) is 0 Å². The molecule has 2 heterocycles. The quantitative estimate of drug-likeness (QED) is 0.404. The number of nitrogens with zero attached hydrogens (tertiary/aromatic N) is 2. The van der Waals surface area contributed by atoms with E-state index >= 15 is 0 Å². The summed E-state index contributed by atoms with van der Waals surface area (Å²) in [7, 11) is 0.0890. The predicted molar refractivity (Wildman–Crippen MR) is 92.2 cm³/mol. The third kappa shape index (κ3) is 4.19. The van der Waals surface area contributed by atoms with E-state index in [9.17, 15) is 0 Å². The SMILES string of the molecule is C=CC[SiH2]CCC(C)(N1CCCCC1)N1CCCCC1. The van der Waals surface area contributed by atoms with E-state index in [1.54, 1.807) is 0 Å². The second-order valence-electron chi connectivity index (χ2n) is 6.85. The highest BCUT2D eigenvalue weighted by atomic mass is 28.2.